The summed E-state index contributed by atoms with van der Waals surface area (Å²) in [5.74, 6) is 2.06. The molecule has 1 unspecified atom stereocenters. The van der Waals surface area contributed by atoms with E-state index in [2.05, 4.69) is 29.1 Å². The molecule has 1 N–H and O–H groups in total. The molecule has 0 spiro atoms. The van der Waals surface area contributed by atoms with Crippen molar-refractivity contribution in [3.8, 4) is 0 Å². The predicted molar refractivity (Wildman–Crippen MR) is 77.1 cm³/mol. The maximum atomic E-state index is 5.85. The number of aromatic nitrogens is 2. The molecule has 0 fully saturated rings. The number of halogens is 1. The van der Waals surface area contributed by atoms with Gasteiger partial charge >= 0.3 is 0 Å². The van der Waals surface area contributed by atoms with Gasteiger partial charge in [-0.05, 0) is 24.5 Å². The Morgan fingerprint density at radius 3 is 2.72 bits per heavy atom. The number of nitrogens with one attached hydrogen (secondary N) is 1. The summed E-state index contributed by atoms with van der Waals surface area (Å²) < 4.78 is 0. The second-order valence-electron chi connectivity index (χ2n) is 4.71. The molecular weight excluding hydrogens is 246 g/mol. The van der Waals surface area contributed by atoms with Crippen LogP contribution in [0, 0.1) is 5.92 Å². The van der Waals surface area contributed by atoms with E-state index < -0.39 is 0 Å². The van der Waals surface area contributed by atoms with Gasteiger partial charge in [-0.15, -0.1) is 11.6 Å². The lowest BCUT2D eigenvalue weighted by molar-refractivity contribution is 0.512. The lowest BCUT2D eigenvalue weighted by atomic mass is 10.0. The zero-order valence-electron chi connectivity index (χ0n) is 10.7. The number of benzene rings is 1. The van der Waals surface area contributed by atoms with E-state index in [0.717, 1.165) is 23.1 Å². The minimum atomic E-state index is 0.334. The summed E-state index contributed by atoms with van der Waals surface area (Å²) in [6.07, 6.45) is 2.53. The first-order chi connectivity index (χ1) is 8.72. The van der Waals surface area contributed by atoms with Crippen molar-refractivity contribution in [2.45, 2.75) is 26.3 Å². The van der Waals surface area contributed by atoms with Gasteiger partial charge in [-0.3, -0.25) is 0 Å². The largest absolute Gasteiger partial charge is 0.366 e. The van der Waals surface area contributed by atoms with Crippen molar-refractivity contribution >= 4 is 28.3 Å². The molecule has 0 aliphatic rings. The molecule has 0 saturated carbocycles. The van der Waals surface area contributed by atoms with Gasteiger partial charge in [0, 0.05) is 17.3 Å². The first-order valence-corrected chi connectivity index (χ1v) is 6.78. The second kappa shape index (κ2) is 6.01. The fourth-order valence-electron chi connectivity index (χ4n) is 1.99. The quantitative estimate of drug-likeness (QED) is 0.836. The van der Waals surface area contributed by atoms with Crippen molar-refractivity contribution in [2.24, 2.45) is 5.92 Å². The van der Waals surface area contributed by atoms with Gasteiger partial charge in [0.1, 0.15) is 12.1 Å². The molecule has 1 atom stereocenters. The van der Waals surface area contributed by atoms with Crippen molar-refractivity contribution in [3.05, 3.63) is 30.6 Å². The van der Waals surface area contributed by atoms with E-state index >= 15 is 0 Å². The average molecular weight is 264 g/mol. The lowest BCUT2D eigenvalue weighted by Gasteiger charge is -2.22. The monoisotopic (exact) mass is 263 g/mol. The molecule has 96 valence electrons. The molecule has 0 saturated heterocycles. The van der Waals surface area contributed by atoms with Crippen molar-refractivity contribution in [3.63, 3.8) is 0 Å². The third kappa shape index (κ3) is 2.91. The highest BCUT2D eigenvalue weighted by Crippen LogP contribution is 2.21. The first-order valence-electron chi connectivity index (χ1n) is 6.24. The van der Waals surface area contributed by atoms with Crippen molar-refractivity contribution in [2.75, 3.05) is 11.2 Å². The Balaban J connectivity index is 2.30. The summed E-state index contributed by atoms with van der Waals surface area (Å²) in [7, 11) is 0. The number of alkyl halides is 1. The van der Waals surface area contributed by atoms with Gasteiger partial charge in [-0.25, -0.2) is 9.97 Å². The van der Waals surface area contributed by atoms with E-state index in [1.165, 1.54) is 0 Å². The Hall–Kier alpha value is -1.35. The maximum absolute atomic E-state index is 5.85. The SMILES string of the molecule is CC(C)C(CCCl)Nc1ncnc2ccccc12. The normalized spacial score (nSPS) is 12.9. The van der Waals surface area contributed by atoms with E-state index in [1.54, 1.807) is 6.33 Å². The van der Waals surface area contributed by atoms with E-state index in [4.69, 9.17) is 11.6 Å². The average Bonchev–Trinajstić information content (AvgIpc) is 2.38. The van der Waals surface area contributed by atoms with Crippen LogP contribution in [-0.2, 0) is 0 Å². The number of hydrogen-bond acceptors (Lipinski definition) is 3. The summed E-state index contributed by atoms with van der Waals surface area (Å²) in [6.45, 7) is 4.38. The van der Waals surface area contributed by atoms with Crippen LogP contribution in [-0.4, -0.2) is 21.9 Å². The topological polar surface area (TPSA) is 37.8 Å². The molecule has 1 heterocycles. The van der Waals surface area contributed by atoms with Crippen LogP contribution in [0.1, 0.15) is 20.3 Å². The minimum absolute atomic E-state index is 0.334. The van der Waals surface area contributed by atoms with Crippen LogP contribution in [0.4, 0.5) is 5.82 Å². The Labute approximate surface area is 113 Å². The number of hydrogen-bond donors (Lipinski definition) is 1. The molecule has 2 rings (SSSR count). The number of anilines is 1. The highest BCUT2D eigenvalue weighted by molar-refractivity contribution is 6.17. The van der Waals surface area contributed by atoms with E-state index in [9.17, 15) is 0 Å². The van der Waals surface area contributed by atoms with E-state index in [-0.39, 0.29) is 0 Å². The van der Waals surface area contributed by atoms with Crippen LogP contribution in [0.3, 0.4) is 0 Å². The highest BCUT2D eigenvalue weighted by atomic mass is 35.5. The fourth-order valence-corrected chi connectivity index (χ4v) is 2.22. The summed E-state index contributed by atoms with van der Waals surface area (Å²) in [5, 5.41) is 4.54. The van der Waals surface area contributed by atoms with Gasteiger partial charge in [-0.1, -0.05) is 26.0 Å². The van der Waals surface area contributed by atoms with E-state index in [0.29, 0.717) is 17.8 Å². The Bertz CT molecular complexity index is 508. The Kier molecular flexibility index (Phi) is 4.37. The lowest BCUT2D eigenvalue weighted by Crippen LogP contribution is -2.26. The molecule has 0 bridgehead atoms. The number of fused-ring (bicyclic) bond motifs is 1. The van der Waals surface area contributed by atoms with Gasteiger partial charge in [0.25, 0.3) is 0 Å². The zero-order chi connectivity index (χ0) is 13.0. The molecule has 0 aliphatic carbocycles. The summed E-state index contributed by atoms with van der Waals surface area (Å²) in [6, 6.07) is 8.35. The zero-order valence-corrected chi connectivity index (χ0v) is 11.5. The molecule has 0 amide bonds. The van der Waals surface area contributed by atoms with Gasteiger partial charge < -0.3 is 5.32 Å². The first kappa shape index (κ1) is 13.1. The molecule has 2 aromatic rings. The van der Waals surface area contributed by atoms with Crippen LogP contribution in [0.15, 0.2) is 30.6 Å². The van der Waals surface area contributed by atoms with Crippen molar-refractivity contribution in [1.29, 1.82) is 0 Å². The number of nitrogens with zero attached hydrogens (tertiary/aromatic N) is 2. The van der Waals surface area contributed by atoms with Crippen molar-refractivity contribution < 1.29 is 0 Å². The molecule has 4 heteroatoms. The van der Waals surface area contributed by atoms with Gasteiger partial charge in [0.05, 0.1) is 5.52 Å². The van der Waals surface area contributed by atoms with Gasteiger partial charge in [-0.2, -0.15) is 0 Å². The minimum Gasteiger partial charge on any atom is -0.366 e. The summed E-state index contributed by atoms with van der Waals surface area (Å²) in [4.78, 5) is 8.61. The van der Waals surface area contributed by atoms with E-state index in [1.807, 2.05) is 24.3 Å². The highest BCUT2D eigenvalue weighted by Gasteiger charge is 2.14. The third-order valence-electron chi connectivity index (χ3n) is 3.09. The molecule has 1 aromatic heterocycles. The Morgan fingerprint density at radius 1 is 1.22 bits per heavy atom. The molecule has 0 radical (unpaired) electrons. The summed E-state index contributed by atoms with van der Waals surface area (Å²) >= 11 is 5.85. The van der Waals surface area contributed by atoms with Gasteiger partial charge in [0.15, 0.2) is 0 Å². The Morgan fingerprint density at radius 2 is 2.00 bits per heavy atom. The molecule has 3 nitrogen and oxygen atoms in total. The van der Waals surface area contributed by atoms with Crippen molar-refractivity contribution in [1.82, 2.24) is 9.97 Å². The molecule has 0 aliphatic heterocycles. The van der Waals surface area contributed by atoms with Crippen LogP contribution in [0.25, 0.3) is 10.9 Å². The molecular formula is C14H18ClN3. The standard InChI is InChI=1S/C14H18ClN3/c1-10(2)12(7-8-15)18-14-11-5-3-4-6-13(11)16-9-17-14/h3-6,9-10,12H,7-8H2,1-2H3,(H,16,17,18). The number of para-hydroxylation sites is 1. The number of rotatable bonds is 5. The van der Waals surface area contributed by atoms with Crippen LogP contribution >= 0.6 is 11.6 Å². The van der Waals surface area contributed by atoms with Crippen LogP contribution in [0.5, 0.6) is 0 Å². The van der Waals surface area contributed by atoms with Crippen LogP contribution < -0.4 is 5.32 Å². The third-order valence-corrected chi connectivity index (χ3v) is 3.31. The smallest absolute Gasteiger partial charge is 0.137 e. The van der Waals surface area contributed by atoms with Gasteiger partial charge in [0.2, 0.25) is 0 Å². The fraction of sp³-hybridized carbons (Fsp3) is 0.429. The predicted octanol–water partition coefficient (Wildman–Crippen LogP) is 3.70. The molecule has 1 aromatic carbocycles. The molecule has 18 heavy (non-hydrogen) atoms. The summed E-state index contributed by atoms with van der Waals surface area (Å²) in [5.41, 5.74) is 0.961. The van der Waals surface area contributed by atoms with Crippen LogP contribution in [0.2, 0.25) is 0 Å². The maximum Gasteiger partial charge on any atom is 0.137 e. The second-order valence-corrected chi connectivity index (χ2v) is 5.09.